The van der Waals surface area contributed by atoms with Gasteiger partial charge in [0.1, 0.15) is 11.6 Å². The minimum atomic E-state index is -0.582. The van der Waals surface area contributed by atoms with E-state index in [1.807, 2.05) is 0 Å². The van der Waals surface area contributed by atoms with Gasteiger partial charge in [0.15, 0.2) is 0 Å². The molecule has 0 atom stereocenters. The first-order chi connectivity index (χ1) is 12.5. The van der Waals surface area contributed by atoms with Crippen LogP contribution < -0.4 is 10.5 Å². The summed E-state index contributed by atoms with van der Waals surface area (Å²) in [5.74, 6) is -0.303. The zero-order valence-corrected chi connectivity index (χ0v) is 14.5. The van der Waals surface area contributed by atoms with Crippen LogP contribution in [0, 0.1) is 11.7 Å². The molecular formula is C21H22FNO3. The predicted molar refractivity (Wildman–Crippen MR) is 97.2 cm³/mol. The van der Waals surface area contributed by atoms with Crippen molar-refractivity contribution in [2.24, 2.45) is 11.7 Å². The third kappa shape index (κ3) is 4.48. The Balaban J connectivity index is 1.68. The van der Waals surface area contributed by atoms with Crippen LogP contribution in [0.3, 0.4) is 0 Å². The van der Waals surface area contributed by atoms with Crippen LogP contribution in [0.2, 0.25) is 0 Å². The lowest BCUT2D eigenvalue weighted by Crippen LogP contribution is -2.13. The molecule has 1 amide bonds. The Bertz CT molecular complexity index is 815. The Kier molecular flexibility index (Phi) is 5.66. The van der Waals surface area contributed by atoms with E-state index in [1.54, 1.807) is 18.2 Å². The minimum Gasteiger partial charge on any atom is -0.427 e. The van der Waals surface area contributed by atoms with Gasteiger partial charge in [0.2, 0.25) is 5.91 Å². The first-order valence-electron chi connectivity index (χ1n) is 8.93. The molecule has 4 nitrogen and oxygen atoms in total. The quantitative estimate of drug-likeness (QED) is 0.588. The molecule has 5 heteroatoms. The van der Waals surface area contributed by atoms with Gasteiger partial charge in [-0.15, -0.1) is 0 Å². The first kappa shape index (κ1) is 18.1. The van der Waals surface area contributed by atoms with Crippen LogP contribution in [0.5, 0.6) is 5.75 Å². The number of carbonyl (C=O) groups excluding carboxylic acids is 2. The predicted octanol–water partition coefficient (Wildman–Crippen LogP) is 4.47. The zero-order chi connectivity index (χ0) is 18.5. The summed E-state index contributed by atoms with van der Waals surface area (Å²) in [6.45, 7) is 0. The number of hydrogen-bond donors (Lipinski definition) is 1. The summed E-state index contributed by atoms with van der Waals surface area (Å²) in [5.41, 5.74) is 6.33. The number of amides is 1. The molecule has 0 radical (unpaired) electrons. The fourth-order valence-corrected chi connectivity index (χ4v) is 3.13. The summed E-state index contributed by atoms with van der Waals surface area (Å²) in [6.07, 6.45) is 6.06. The van der Waals surface area contributed by atoms with Crippen molar-refractivity contribution in [3.63, 3.8) is 0 Å². The molecular weight excluding hydrogens is 333 g/mol. The Hall–Kier alpha value is -2.69. The largest absolute Gasteiger partial charge is 0.427 e. The van der Waals surface area contributed by atoms with Gasteiger partial charge in [0.25, 0.3) is 0 Å². The van der Waals surface area contributed by atoms with Crippen molar-refractivity contribution in [3.05, 3.63) is 53.8 Å². The Morgan fingerprint density at radius 3 is 2.65 bits per heavy atom. The lowest BCUT2D eigenvalue weighted by atomic mass is 9.82. The zero-order valence-electron chi connectivity index (χ0n) is 14.5. The van der Waals surface area contributed by atoms with Crippen molar-refractivity contribution in [1.29, 1.82) is 0 Å². The van der Waals surface area contributed by atoms with Crippen molar-refractivity contribution in [1.82, 2.24) is 0 Å². The fraction of sp³-hybridized carbons (Fsp3) is 0.333. The number of rotatable bonds is 7. The third-order valence-electron chi connectivity index (χ3n) is 4.85. The second-order valence-electron chi connectivity index (χ2n) is 6.75. The molecule has 3 rings (SSSR count). The van der Waals surface area contributed by atoms with Gasteiger partial charge in [-0.25, -0.2) is 4.39 Å². The van der Waals surface area contributed by atoms with Gasteiger partial charge in [0, 0.05) is 17.5 Å². The molecule has 2 N–H and O–H groups in total. The summed E-state index contributed by atoms with van der Waals surface area (Å²) in [7, 11) is 0. The van der Waals surface area contributed by atoms with Crippen molar-refractivity contribution in [2.45, 2.75) is 38.5 Å². The van der Waals surface area contributed by atoms with E-state index in [4.69, 9.17) is 10.5 Å². The highest BCUT2D eigenvalue weighted by Crippen LogP contribution is 2.31. The third-order valence-corrected chi connectivity index (χ3v) is 4.85. The van der Waals surface area contributed by atoms with Crippen LogP contribution in [0.4, 0.5) is 4.39 Å². The van der Waals surface area contributed by atoms with E-state index < -0.39 is 11.7 Å². The van der Waals surface area contributed by atoms with Gasteiger partial charge < -0.3 is 10.5 Å². The molecule has 0 aromatic heterocycles. The monoisotopic (exact) mass is 355 g/mol. The Labute approximate surface area is 152 Å². The maximum absolute atomic E-state index is 14.2. The summed E-state index contributed by atoms with van der Waals surface area (Å²) < 4.78 is 19.6. The van der Waals surface area contributed by atoms with E-state index >= 15 is 0 Å². The highest BCUT2D eigenvalue weighted by molar-refractivity contribution is 5.94. The lowest BCUT2D eigenvalue weighted by molar-refractivity contribution is -0.134. The van der Waals surface area contributed by atoms with Crippen LogP contribution in [0.15, 0.2) is 42.5 Å². The number of esters is 1. The van der Waals surface area contributed by atoms with Crippen LogP contribution in [0.25, 0.3) is 11.1 Å². The van der Waals surface area contributed by atoms with E-state index in [0.29, 0.717) is 23.3 Å². The highest BCUT2D eigenvalue weighted by Gasteiger charge is 2.17. The van der Waals surface area contributed by atoms with E-state index in [1.165, 1.54) is 43.5 Å². The molecule has 2 aromatic carbocycles. The number of carbonyl (C=O) groups is 2. The fourth-order valence-electron chi connectivity index (χ4n) is 3.13. The van der Waals surface area contributed by atoms with Crippen molar-refractivity contribution < 1.29 is 18.7 Å². The second kappa shape index (κ2) is 8.13. The van der Waals surface area contributed by atoms with Crippen molar-refractivity contribution in [3.8, 4) is 16.9 Å². The maximum atomic E-state index is 14.2. The van der Waals surface area contributed by atoms with E-state index in [-0.39, 0.29) is 11.5 Å². The van der Waals surface area contributed by atoms with Crippen LogP contribution in [-0.4, -0.2) is 11.9 Å². The average molecular weight is 355 g/mol. The second-order valence-corrected chi connectivity index (χ2v) is 6.75. The van der Waals surface area contributed by atoms with E-state index in [0.717, 1.165) is 18.8 Å². The molecule has 0 saturated heterocycles. The number of hydrogen-bond acceptors (Lipinski definition) is 3. The number of primary amides is 1. The summed E-state index contributed by atoms with van der Waals surface area (Å²) in [5, 5.41) is 0. The molecule has 1 aliphatic rings. The van der Waals surface area contributed by atoms with Crippen LogP contribution >= 0.6 is 0 Å². The molecule has 0 heterocycles. The first-order valence-corrected chi connectivity index (χ1v) is 8.93. The molecule has 1 fully saturated rings. The van der Waals surface area contributed by atoms with Gasteiger partial charge in [-0.2, -0.15) is 0 Å². The molecule has 1 saturated carbocycles. The SMILES string of the molecule is NC(=O)c1cccc(-c2cc(OC(=O)CCCC3CCC3)ccc2F)c1. The normalized spacial score (nSPS) is 13.9. The van der Waals surface area contributed by atoms with Gasteiger partial charge in [-0.05, 0) is 54.7 Å². The summed E-state index contributed by atoms with van der Waals surface area (Å²) in [6, 6.07) is 10.5. The summed E-state index contributed by atoms with van der Waals surface area (Å²) in [4.78, 5) is 23.3. The molecule has 1 aliphatic carbocycles. The van der Waals surface area contributed by atoms with E-state index in [2.05, 4.69) is 0 Å². The van der Waals surface area contributed by atoms with Crippen LogP contribution in [0.1, 0.15) is 48.9 Å². The molecule has 0 aliphatic heterocycles. The van der Waals surface area contributed by atoms with Crippen molar-refractivity contribution >= 4 is 11.9 Å². The Morgan fingerprint density at radius 2 is 1.96 bits per heavy atom. The molecule has 0 unspecified atom stereocenters. The summed E-state index contributed by atoms with van der Waals surface area (Å²) >= 11 is 0. The maximum Gasteiger partial charge on any atom is 0.311 e. The number of halogens is 1. The number of nitrogens with two attached hydrogens (primary N) is 1. The molecule has 2 aromatic rings. The standard InChI is InChI=1S/C21H22FNO3/c22-19-11-10-17(26-20(24)9-2-6-14-4-1-5-14)13-18(19)15-7-3-8-16(12-15)21(23)25/h3,7-8,10-14H,1-2,4-6,9H2,(H2,23,25). The molecule has 136 valence electrons. The number of benzene rings is 2. The van der Waals surface area contributed by atoms with Gasteiger partial charge in [0.05, 0.1) is 0 Å². The molecule has 0 bridgehead atoms. The molecule has 26 heavy (non-hydrogen) atoms. The molecule has 0 spiro atoms. The smallest absolute Gasteiger partial charge is 0.311 e. The van der Waals surface area contributed by atoms with Crippen LogP contribution in [-0.2, 0) is 4.79 Å². The highest BCUT2D eigenvalue weighted by atomic mass is 19.1. The van der Waals surface area contributed by atoms with E-state index in [9.17, 15) is 14.0 Å². The van der Waals surface area contributed by atoms with Gasteiger partial charge in [-0.3, -0.25) is 9.59 Å². The number of ether oxygens (including phenoxy) is 1. The lowest BCUT2D eigenvalue weighted by Gasteiger charge is -2.24. The topological polar surface area (TPSA) is 69.4 Å². The van der Waals surface area contributed by atoms with Crippen molar-refractivity contribution in [2.75, 3.05) is 0 Å². The average Bonchev–Trinajstić information content (AvgIpc) is 2.59. The van der Waals surface area contributed by atoms with Gasteiger partial charge in [-0.1, -0.05) is 31.4 Å². The Morgan fingerprint density at radius 1 is 1.15 bits per heavy atom. The van der Waals surface area contributed by atoms with Gasteiger partial charge >= 0.3 is 5.97 Å². The minimum absolute atomic E-state index is 0.257.